The summed E-state index contributed by atoms with van der Waals surface area (Å²) in [6.07, 6.45) is 0.266. The number of carbonyl (C=O) groups excluding carboxylic acids is 1. The molecule has 0 radical (unpaired) electrons. The van der Waals surface area contributed by atoms with Gasteiger partial charge in [-0.25, -0.2) is 4.39 Å². The van der Waals surface area contributed by atoms with Crippen molar-refractivity contribution in [3.05, 3.63) is 53.7 Å². The van der Waals surface area contributed by atoms with Crippen LogP contribution in [0.3, 0.4) is 0 Å². The van der Waals surface area contributed by atoms with Crippen LogP contribution in [0.4, 0.5) is 4.39 Å². The maximum atomic E-state index is 13.7. The zero-order valence-electron chi connectivity index (χ0n) is 16.8. The highest BCUT2D eigenvalue weighted by Gasteiger charge is 2.14. The molecule has 158 valence electrons. The maximum Gasteiger partial charge on any atom is 0.306 e. The van der Waals surface area contributed by atoms with Gasteiger partial charge in [0.25, 0.3) is 0 Å². The van der Waals surface area contributed by atoms with Crippen molar-refractivity contribution in [1.29, 1.82) is 0 Å². The van der Waals surface area contributed by atoms with E-state index in [2.05, 4.69) is 10.1 Å². The summed E-state index contributed by atoms with van der Waals surface area (Å²) in [7, 11) is 4.47. The molecule has 0 fully saturated rings. The van der Waals surface area contributed by atoms with Gasteiger partial charge >= 0.3 is 5.97 Å². The molecule has 0 amide bonds. The molecular weight excluding hydrogens is 395 g/mol. The summed E-state index contributed by atoms with van der Waals surface area (Å²) < 4.78 is 39.3. The molecule has 3 rings (SSSR count). The number of halogens is 1. The SMILES string of the molecule is COc1ccc(COC(=O)CCc2nc(-c3ccc(OC)c(OC)c3)no2)cc1F. The topological polar surface area (TPSA) is 92.9 Å². The maximum absolute atomic E-state index is 13.7. The van der Waals surface area contributed by atoms with Gasteiger partial charge in [-0.05, 0) is 35.9 Å². The molecule has 0 aliphatic heterocycles. The number of esters is 1. The summed E-state index contributed by atoms with van der Waals surface area (Å²) in [6.45, 7) is -0.0412. The van der Waals surface area contributed by atoms with Crippen LogP contribution in [0.15, 0.2) is 40.9 Å². The largest absolute Gasteiger partial charge is 0.494 e. The summed E-state index contributed by atoms with van der Waals surface area (Å²) in [4.78, 5) is 16.3. The van der Waals surface area contributed by atoms with Crippen LogP contribution in [0.25, 0.3) is 11.4 Å². The standard InChI is InChI=1S/C21H21FN2O6/c1-26-16-6-4-13(10-15(16)22)12-29-20(25)9-8-19-23-21(24-30-19)14-5-7-17(27-2)18(11-14)28-3/h4-7,10-11H,8-9,12H2,1-3H3. The van der Waals surface area contributed by atoms with Gasteiger partial charge < -0.3 is 23.5 Å². The molecule has 0 N–H and O–H groups in total. The molecule has 1 aromatic heterocycles. The summed E-state index contributed by atoms with van der Waals surface area (Å²) in [5.41, 5.74) is 1.21. The van der Waals surface area contributed by atoms with Crippen LogP contribution in [0.1, 0.15) is 17.9 Å². The molecule has 8 nitrogen and oxygen atoms in total. The smallest absolute Gasteiger partial charge is 0.306 e. The van der Waals surface area contributed by atoms with Crippen LogP contribution in [-0.4, -0.2) is 37.4 Å². The van der Waals surface area contributed by atoms with Crippen LogP contribution in [0, 0.1) is 5.82 Å². The third kappa shape index (κ3) is 5.05. The molecule has 0 aliphatic carbocycles. The highest BCUT2D eigenvalue weighted by atomic mass is 19.1. The van der Waals surface area contributed by atoms with Crippen LogP contribution < -0.4 is 14.2 Å². The van der Waals surface area contributed by atoms with E-state index in [1.54, 1.807) is 31.4 Å². The lowest BCUT2D eigenvalue weighted by Gasteiger charge is -2.07. The highest BCUT2D eigenvalue weighted by Crippen LogP contribution is 2.31. The summed E-state index contributed by atoms with van der Waals surface area (Å²) >= 11 is 0. The molecule has 1 heterocycles. The van der Waals surface area contributed by atoms with Crippen molar-refractivity contribution in [3.8, 4) is 28.6 Å². The molecule has 0 saturated heterocycles. The molecule has 0 saturated carbocycles. The molecule has 3 aromatic rings. The van der Waals surface area contributed by atoms with Crippen molar-refractivity contribution in [2.75, 3.05) is 21.3 Å². The van der Waals surface area contributed by atoms with Gasteiger partial charge in [-0.3, -0.25) is 4.79 Å². The van der Waals surface area contributed by atoms with E-state index >= 15 is 0 Å². The number of aryl methyl sites for hydroxylation is 1. The monoisotopic (exact) mass is 416 g/mol. The Kier molecular flexibility index (Phi) is 6.84. The lowest BCUT2D eigenvalue weighted by molar-refractivity contribution is -0.145. The van der Waals surface area contributed by atoms with Gasteiger partial charge in [0, 0.05) is 12.0 Å². The lowest BCUT2D eigenvalue weighted by atomic mass is 10.2. The van der Waals surface area contributed by atoms with E-state index in [-0.39, 0.29) is 25.2 Å². The second-order valence-electron chi connectivity index (χ2n) is 6.21. The second kappa shape index (κ2) is 9.73. The predicted octanol–water partition coefficient (Wildman–Crippen LogP) is 3.58. The fourth-order valence-electron chi connectivity index (χ4n) is 2.69. The van der Waals surface area contributed by atoms with Crippen LogP contribution in [0.2, 0.25) is 0 Å². The van der Waals surface area contributed by atoms with E-state index in [1.165, 1.54) is 26.4 Å². The van der Waals surface area contributed by atoms with E-state index in [0.29, 0.717) is 34.3 Å². The molecule has 30 heavy (non-hydrogen) atoms. The third-order valence-electron chi connectivity index (χ3n) is 4.27. The van der Waals surface area contributed by atoms with Gasteiger partial charge in [-0.15, -0.1) is 0 Å². The van der Waals surface area contributed by atoms with Crippen molar-refractivity contribution >= 4 is 5.97 Å². The van der Waals surface area contributed by atoms with E-state index in [0.717, 1.165) is 0 Å². The Labute approximate surface area is 172 Å². The second-order valence-corrected chi connectivity index (χ2v) is 6.21. The summed E-state index contributed by atoms with van der Waals surface area (Å²) in [5.74, 6) is 0.952. The average molecular weight is 416 g/mol. The number of carbonyl (C=O) groups is 1. The fraction of sp³-hybridized carbons (Fsp3) is 0.286. The van der Waals surface area contributed by atoms with Crippen molar-refractivity contribution in [3.63, 3.8) is 0 Å². The lowest BCUT2D eigenvalue weighted by Crippen LogP contribution is -2.06. The minimum Gasteiger partial charge on any atom is -0.494 e. The van der Waals surface area contributed by atoms with Crippen molar-refractivity contribution in [2.24, 2.45) is 0 Å². The number of benzene rings is 2. The van der Waals surface area contributed by atoms with Gasteiger partial charge in [0.05, 0.1) is 27.8 Å². The number of rotatable bonds is 9. The normalized spacial score (nSPS) is 10.5. The predicted molar refractivity (Wildman–Crippen MR) is 104 cm³/mol. The summed E-state index contributed by atoms with van der Waals surface area (Å²) in [5, 5.41) is 3.93. The zero-order chi connectivity index (χ0) is 21.5. The fourth-order valence-corrected chi connectivity index (χ4v) is 2.69. The van der Waals surface area contributed by atoms with Crippen molar-refractivity contribution < 1.29 is 32.7 Å². The van der Waals surface area contributed by atoms with E-state index in [4.69, 9.17) is 23.5 Å². The molecule has 0 unspecified atom stereocenters. The molecule has 2 aromatic carbocycles. The number of ether oxygens (including phenoxy) is 4. The van der Waals surface area contributed by atoms with Crippen LogP contribution in [0.5, 0.6) is 17.2 Å². The zero-order valence-corrected chi connectivity index (χ0v) is 16.8. The molecule has 9 heteroatoms. The average Bonchev–Trinajstić information content (AvgIpc) is 3.25. The molecular formula is C21H21FN2O6. The highest BCUT2D eigenvalue weighted by molar-refractivity contribution is 5.69. The van der Waals surface area contributed by atoms with Gasteiger partial charge in [-0.1, -0.05) is 11.2 Å². The third-order valence-corrected chi connectivity index (χ3v) is 4.27. The van der Waals surface area contributed by atoms with E-state index < -0.39 is 11.8 Å². The Hall–Kier alpha value is -3.62. The van der Waals surface area contributed by atoms with Gasteiger partial charge in [0.15, 0.2) is 23.1 Å². The number of methoxy groups -OCH3 is 3. The van der Waals surface area contributed by atoms with Crippen LogP contribution in [-0.2, 0) is 22.6 Å². The van der Waals surface area contributed by atoms with E-state index in [1.807, 2.05) is 0 Å². The first-order valence-electron chi connectivity index (χ1n) is 9.07. The Morgan fingerprint density at radius 3 is 2.43 bits per heavy atom. The molecule has 0 spiro atoms. The first-order chi connectivity index (χ1) is 14.5. The van der Waals surface area contributed by atoms with Crippen LogP contribution >= 0.6 is 0 Å². The Morgan fingerprint density at radius 2 is 1.73 bits per heavy atom. The Bertz CT molecular complexity index is 1020. The van der Waals surface area contributed by atoms with Gasteiger partial charge in [0.2, 0.25) is 11.7 Å². The first kappa shape index (κ1) is 21.1. The Morgan fingerprint density at radius 1 is 1.00 bits per heavy atom. The number of hydrogen-bond donors (Lipinski definition) is 0. The summed E-state index contributed by atoms with van der Waals surface area (Å²) in [6, 6.07) is 9.62. The van der Waals surface area contributed by atoms with E-state index in [9.17, 15) is 9.18 Å². The Balaban J connectivity index is 1.54. The van der Waals surface area contributed by atoms with Crippen molar-refractivity contribution in [2.45, 2.75) is 19.4 Å². The minimum atomic E-state index is -0.514. The number of nitrogens with zero attached hydrogens (tertiary/aromatic N) is 2. The number of aromatic nitrogens is 2. The molecule has 0 aliphatic rings. The minimum absolute atomic E-state index is 0.0412. The quantitative estimate of drug-likeness (QED) is 0.489. The molecule has 0 atom stereocenters. The van der Waals surface area contributed by atoms with Gasteiger partial charge in [-0.2, -0.15) is 4.98 Å². The first-order valence-corrected chi connectivity index (χ1v) is 9.07. The molecule has 0 bridgehead atoms. The number of hydrogen-bond acceptors (Lipinski definition) is 8. The van der Waals surface area contributed by atoms with Gasteiger partial charge in [0.1, 0.15) is 6.61 Å². The van der Waals surface area contributed by atoms with Crippen molar-refractivity contribution in [1.82, 2.24) is 10.1 Å².